The van der Waals surface area contributed by atoms with E-state index in [0.717, 1.165) is 25.1 Å². The lowest BCUT2D eigenvalue weighted by Crippen LogP contribution is -2.37. The van der Waals surface area contributed by atoms with Gasteiger partial charge in [-0.1, -0.05) is 31.2 Å². The lowest BCUT2D eigenvalue weighted by Gasteiger charge is -2.11. The van der Waals surface area contributed by atoms with E-state index in [9.17, 15) is 4.79 Å². The van der Waals surface area contributed by atoms with Crippen LogP contribution >= 0.6 is 0 Å². The number of amides is 1. The Bertz CT molecular complexity index is 380. The van der Waals surface area contributed by atoms with E-state index in [1.54, 1.807) is 0 Å². The van der Waals surface area contributed by atoms with Gasteiger partial charge in [0.2, 0.25) is 5.91 Å². The van der Waals surface area contributed by atoms with Crippen molar-refractivity contribution in [1.82, 2.24) is 10.6 Å². The molecule has 1 unspecified atom stereocenters. The molecular weight excluding hydrogens is 224 g/mol. The van der Waals surface area contributed by atoms with Gasteiger partial charge in [-0.25, -0.2) is 0 Å². The predicted octanol–water partition coefficient (Wildman–Crippen LogP) is 1.66. The van der Waals surface area contributed by atoms with Gasteiger partial charge in [0.1, 0.15) is 0 Å². The van der Waals surface area contributed by atoms with Gasteiger partial charge in [-0.15, -0.1) is 0 Å². The van der Waals surface area contributed by atoms with Crippen LogP contribution in [0.15, 0.2) is 24.3 Å². The van der Waals surface area contributed by atoms with E-state index in [2.05, 4.69) is 29.7 Å². The topological polar surface area (TPSA) is 41.1 Å². The molecule has 1 aliphatic heterocycles. The minimum absolute atomic E-state index is 0.118. The average molecular weight is 246 g/mol. The number of hydrogen-bond acceptors (Lipinski definition) is 2. The average Bonchev–Trinajstić information content (AvgIpc) is 2.90. The molecule has 3 nitrogen and oxygen atoms in total. The molecule has 1 amide bonds. The van der Waals surface area contributed by atoms with Crippen molar-refractivity contribution >= 4 is 5.91 Å². The number of carbonyl (C=O) groups is 1. The molecule has 18 heavy (non-hydrogen) atoms. The monoisotopic (exact) mass is 246 g/mol. The molecule has 1 heterocycles. The smallest absolute Gasteiger partial charge is 0.224 e. The molecule has 1 fully saturated rings. The second-order valence-corrected chi connectivity index (χ2v) is 4.94. The first-order chi connectivity index (χ1) is 8.78. The van der Waals surface area contributed by atoms with Crippen LogP contribution in [0.2, 0.25) is 0 Å². The van der Waals surface area contributed by atoms with Crippen molar-refractivity contribution < 1.29 is 4.79 Å². The van der Waals surface area contributed by atoms with Gasteiger partial charge < -0.3 is 10.6 Å². The summed E-state index contributed by atoms with van der Waals surface area (Å²) in [7, 11) is 0. The summed E-state index contributed by atoms with van der Waals surface area (Å²) in [5.41, 5.74) is 2.40. The van der Waals surface area contributed by atoms with Crippen molar-refractivity contribution in [2.45, 2.75) is 38.6 Å². The second-order valence-electron chi connectivity index (χ2n) is 4.94. The van der Waals surface area contributed by atoms with E-state index in [4.69, 9.17) is 0 Å². The summed E-state index contributed by atoms with van der Waals surface area (Å²) in [5, 5.41) is 6.38. The summed E-state index contributed by atoms with van der Waals surface area (Å²) in [4.78, 5) is 11.8. The van der Waals surface area contributed by atoms with Crippen molar-refractivity contribution in [3.8, 4) is 0 Å². The normalized spacial score (nSPS) is 18.8. The van der Waals surface area contributed by atoms with Crippen LogP contribution in [0.25, 0.3) is 0 Å². The lowest BCUT2D eigenvalue weighted by molar-refractivity contribution is -0.120. The van der Waals surface area contributed by atoms with Crippen LogP contribution in [0, 0.1) is 0 Å². The SMILES string of the molecule is CCc1ccc(CC(=O)NCC2CCCN2)cc1. The minimum atomic E-state index is 0.118. The van der Waals surface area contributed by atoms with Crippen LogP contribution in [0.1, 0.15) is 30.9 Å². The molecule has 98 valence electrons. The molecule has 3 heteroatoms. The maximum Gasteiger partial charge on any atom is 0.224 e. The second kappa shape index (κ2) is 6.55. The summed E-state index contributed by atoms with van der Waals surface area (Å²) in [6, 6.07) is 8.76. The fourth-order valence-electron chi connectivity index (χ4n) is 2.31. The Hall–Kier alpha value is -1.35. The lowest BCUT2D eigenvalue weighted by atomic mass is 10.1. The third kappa shape index (κ3) is 3.84. The van der Waals surface area contributed by atoms with Gasteiger partial charge in [-0.05, 0) is 36.9 Å². The van der Waals surface area contributed by atoms with Gasteiger partial charge in [0.15, 0.2) is 0 Å². The summed E-state index contributed by atoms with van der Waals surface area (Å²) >= 11 is 0. The van der Waals surface area contributed by atoms with Crippen molar-refractivity contribution in [1.29, 1.82) is 0 Å². The Morgan fingerprint density at radius 1 is 1.33 bits per heavy atom. The Labute approximate surface area is 109 Å². The van der Waals surface area contributed by atoms with Gasteiger partial charge in [-0.3, -0.25) is 4.79 Å². The first-order valence-electron chi connectivity index (χ1n) is 6.86. The van der Waals surface area contributed by atoms with E-state index in [-0.39, 0.29) is 5.91 Å². The molecule has 1 aromatic rings. The molecule has 1 atom stereocenters. The van der Waals surface area contributed by atoms with Crippen molar-refractivity contribution in [2.75, 3.05) is 13.1 Å². The van der Waals surface area contributed by atoms with Crippen LogP contribution in [0.4, 0.5) is 0 Å². The van der Waals surface area contributed by atoms with Crippen LogP contribution in [0.5, 0.6) is 0 Å². The molecule has 0 bridgehead atoms. The standard InChI is InChI=1S/C15H22N2O/c1-2-12-5-7-13(8-6-12)10-15(18)17-11-14-4-3-9-16-14/h5-8,14,16H,2-4,9-11H2,1H3,(H,17,18). The van der Waals surface area contributed by atoms with Gasteiger partial charge in [0, 0.05) is 12.6 Å². The number of carbonyl (C=O) groups excluding carboxylic acids is 1. The fraction of sp³-hybridized carbons (Fsp3) is 0.533. The maximum atomic E-state index is 11.8. The number of nitrogens with one attached hydrogen (secondary N) is 2. The maximum absolute atomic E-state index is 11.8. The molecule has 0 saturated carbocycles. The van der Waals surface area contributed by atoms with Gasteiger partial charge >= 0.3 is 0 Å². The first kappa shape index (κ1) is 13.1. The van der Waals surface area contributed by atoms with Crippen molar-refractivity contribution in [2.24, 2.45) is 0 Å². The summed E-state index contributed by atoms with van der Waals surface area (Å²) in [5.74, 6) is 0.118. The van der Waals surface area contributed by atoms with Crippen LogP contribution in [-0.4, -0.2) is 25.0 Å². The quantitative estimate of drug-likeness (QED) is 0.829. The molecule has 0 radical (unpaired) electrons. The van der Waals surface area contributed by atoms with Gasteiger partial charge in [0.25, 0.3) is 0 Å². The molecule has 2 rings (SSSR count). The highest BCUT2D eigenvalue weighted by Gasteiger charge is 2.14. The zero-order chi connectivity index (χ0) is 12.8. The molecular formula is C15H22N2O. The summed E-state index contributed by atoms with van der Waals surface area (Å²) < 4.78 is 0. The van der Waals surface area contributed by atoms with Crippen LogP contribution < -0.4 is 10.6 Å². The molecule has 0 spiro atoms. The summed E-state index contributed by atoms with van der Waals surface area (Å²) in [6.07, 6.45) is 3.92. The first-order valence-corrected chi connectivity index (χ1v) is 6.86. The Morgan fingerprint density at radius 2 is 2.06 bits per heavy atom. The minimum Gasteiger partial charge on any atom is -0.354 e. The van der Waals surface area contributed by atoms with Crippen molar-refractivity contribution in [3.63, 3.8) is 0 Å². The van der Waals surface area contributed by atoms with Gasteiger partial charge in [-0.2, -0.15) is 0 Å². The van der Waals surface area contributed by atoms with Gasteiger partial charge in [0.05, 0.1) is 6.42 Å². The van der Waals surface area contributed by atoms with Crippen molar-refractivity contribution in [3.05, 3.63) is 35.4 Å². The van der Waals surface area contributed by atoms with Crippen LogP contribution in [-0.2, 0) is 17.6 Å². The largest absolute Gasteiger partial charge is 0.354 e. The zero-order valence-corrected chi connectivity index (χ0v) is 11.0. The Kier molecular flexibility index (Phi) is 4.76. The van der Waals surface area contributed by atoms with E-state index in [0.29, 0.717) is 12.5 Å². The predicted molar refractivity (Wildman–Crippen MR) is 73.6 cm³/mol. The number of rotatable bonds is 5. The zero-order valence-electron chi connectivity index (χ0n) is 11.0. The Morgan fingerprint density at radius 3 is 2.67 bits per heavy atom. The highest BCUT2D eigenvalue weighted by atomic mass is 16.1. The fourth-order valence-corrected chi connectivity index (χ4v) is 2.31. The molecule has 1 aromatic carbocycles. The molecule has 1 aliphatic rings. The number of hydrogen-bond donors (Lipinski definition) is 2. The van der Waals surface area contributed by atoms with E-state index >= 15 is 0 Å². The molecule has 0 aromatic heterocycles. The number of benzene rings is 1. The molecule has 1 saturated heterocycles. The third-order valence-electron chi connectivity index (χ3n) is 3.50. The van der Waals surface area contributed by atoms with Crippen LogP contribution in [0.3, 0.4) is 0 Å². The molecule has 0 aliphatic carbocycles. The highest BCUT2D eigenvalue weighted by molar-refractivity contribution is 5.78. The Balaban J connectivity index is 1.75. The molecule has 2 N–H and O–H groups in total. The van der Waals surface area contributed by atoms with E-state index in [1.165, 1.54) is 18.4 Å². The van der Waals surface area contributed by atoms with E-state index < -0.39 is 0 Å². The van der Waals surface area contributed by atoms with E-state index in [1.807, 2.05) is 12.1 Å². The highest BCUT2D eigenvalue weighted by Crippen LogP contribution is 2.06. The third-order valence-corrected chi connectivity index (χ3v) is 3.50. The number of aryl methyl sites for hydroxylation is 1. The summed E-state index contributed by atoms with van der Waals surface area (Å²) in [6.45, 7) is 3.97.